The molecule has 3 rings (SSSR count). The second-order valence-corrected chi connectivity index (χ2v) is 4.92. The number of thiophene rings is 1. The molecule has 18 heavy (non-hydrogen) atoms. The highest BCUT2D eigenvalue weighted by atomic mass is 32.1. The van der Waals surface area contributed by atoms with E-state index in [0.29, 0.717) is 11.5 Å². The second kappa shape index (κ2) is 4.26. The highest BCUT2D eigenvalue weighted by molar-refractivity contribution is 7.10. The Morgan fingerprint density at radius 1 is 1.44 bits per heavy atom. The molecule has 0 bridgehead atoms. The van der Waals surface area contributed by atoms with Crippen LogP contribution in [0.4, 0.5) is 11.8 Å². The van der Waals surface area contributed by atoms with Gasteiger partial charge in [-0.15, -0.1) is 11.3 Å². The zero-order chi connectivity index (χ0) is 12.5. The second-order valence-electron chi connectivity index (χ2n) is 3.94. The van der Waals surface area contributed by atoms with Crippen LogP contribution in [-0.2, 0) is 0 Å². The molecular weight excluding hydrogens is 248 g/mol. The monoisotopic (exact) mass is 260 g/mol. The molecule has 0 fully saturated rings. The van der Waals surface area contributed by atoms with Crippen molar-refractivity contribution in [1.29, 1.82) is 0 Å². The Morgan fingerprint density at radius 3 is 3.11 bits per heavy atom. The summed E-state index contributed by atoms with van der Waals surface area (Å²) in [6.45, 7) is 2.08. The number of nitrogens with one attached hydrogen (secondary N) is 2. The van der Waals surface area contributed by atoms with Crippen molar-refractivity contribution in [3.05, 3.63) is 28.6 Å². The summed E-state index contributed by atoms with van der Waals surface area (Å²) in [7, 11) is 0. The van der Waals surface area contributed by atoms with Crippen LogP contribution in [0.5, 0.6) is 0 Å². The van der Waals surface area contributed by atoms with Crippen molar-refractivity contribution in [2.45, 2.75) is 13.0 Å². The number of nitrogen functional groups attached to an aromatic ring is 1. The van der Waals surface area contributed by atoms with Gasteiger partial charge in [-0.25, -0.2) is 0 Å². The molecule has 0 unspecified atom stereocenters. The number of aromatic amines is 1. The van der Waals surface area contributed by atoms with Crippen molar-refractivity contribution in [3.8, 4) is 0 Å². The zero-order valence-corrected chi connectivity index (χ0v) is 10.5. The summed E-state index contributed by atoms with van der Waals surface area (Å²) in [5.41, 5.74) is 6.31. The van der Waals surface area contributed by atoms with Gasteiger partial charge in [0.2, 0.25) is 5.95 Å². The third kappa shape index (κ3) is 1.88. The van der Waals surface area contributed by atoms with Crippen LogP contribution in [0.15, 0.2) is 23.7 Å². The van der Waals surface area contributed by atoms with Crippen LogP contribution >= 0.6 is 11.3 Å². The number of aromatic nitrogens is 4. The lowest BCUT2D eigenvalue weighted by molar-refractivity contribution is 0.899. The van der Waals surface area contributed by atoms with Crippen molar-refractivity contribution in [1.82, 2.24) is 20.2 Å². The van der Waals surface area contributed by atoms with Gasteiger partial charge in [0.15, 0.2) is 5.65 Å². The number of nitrogens with two attached hydrogens (primary N) is 1. The van der Waals surface area contributed by atoms with Gasteiger partial charge in [-0.3, -0.25) is 5.10 Å². The van der Waals surface area contributed by atoms with Gasteiger partial charge >= 0.3 is 0 Å². The van der Waals surface area contributed by atoms with E-state index < -0.39 is 0 Å². The molecule has 0 aliphatic carbocycles. The van der Waals surface area contributed by atoms with Crippen molar-refractivity contribution >= 4 is 34.1 Å². The Kier molecular flexibility index (Phi) is 2.60. The van der Waals surface area contributed by atoms with E-state index in [-0.39, 0.29) is 12.0 Å². The van der Waals surface area contributed by atoms with Gasteiger partial charge in [0.25, 0.3) is 0 Å². The van der Waals surface area contributed by atoms with Crippen molar-refractivity contribution in [2.75, 3.05) is 11.1 Å². The molecule has 0 aliphatic heterocycles. The maximum atomic E-state index is 5.67. The van der Waals surface area contributed by atoms with E-state index >= 15 is 0 Å². The predicted octanol–water partition coefficient (Wildman–Crippen LogP) is 2.17. The Bertz CT molecular complexity index is 659. The van der Waals surface area contributed by atoms with E-state index in [1.54, 1.807) is 17.5 Å². The summed E-state index contributed by atoms with van der Waals surface area (Å²) in [6.07, 6.45) is 1.69. The zero-order valence-electron chi connectivity index (χ0n) is 9.71. The number of fused-ring (bicyclic) bond motifs is 1. The van der Waals surface area contributed by atoms with Crippen molar-refractivity contribution < 1.29 is 0 Å². The first-order valence-corrected chi connectivity index (χ1v) is 6.38. The molecule has 0 spiro atoms. The molecule has 0 radical (unpaired) electrons. The molecule has 0 amide bonds. The first-order valence-electron chi connectivity index (χ1n) is 5.50. The normalized spacial score (nSPS) is 12.7. The molecule has 7 heteroatoms. The fourth-order valence-electron chi connectivity index (χ4n) is 1.78. The average Bonchev–Trinajstić information content (AvgIpc) is 2.98. The fourth-order valence-corrected chi connectivity index (χ4v) is 2.51. The first-order chi connectivity index (χ1) is 8.74. The SMILES string of the molecule is C[C@@H](Nc1nc(N)nc2[nH]ncc12)c1cccs1. The molecule has 0 aliphatic rings. The first kappa shape index (κ1) is 11.0. The molecule has 1 atom stereocenters. The van der Waals surface area contributed by atoms with E-state index in [1.807, 2.05) is 6.07 Å². The minimum absolute atomic E-state index is 0.164. The van der Waals surface area contributed by atoms with E-state index in [9.17, 15) is 0 Å². The van der Waals surface area contributed by atoms with Crippen molar-refractivity contribution in [2.24, 2.45) is 0 Å². The molecule has 3 heterocycles. The number of hydrogen-bond donors (Lipinski definition) is 3. The lowest BCUT2D eigenvalue weighted by Gasteiger charge is -2.13. The van der Waals surface area contributed by atoms with E-state index in [1.165, 1.54) is 4.88 Å². The van der Waals surface area contributed by atoms with Crippen molar-refractivity contribution in [3.63, 3.8) is 0 Å². The fraction of sp³-hybridized carbons (Fsp3) is 0.182. The Balaban J connectivity index is 1.97. The van der Waals surface area contributed by atoms with Gasteiger partial charge in [-0.2, -0.15) is 15.1 Å². The maximum absolute atomic E-state index is 5.67. The minimum Gasteiger partial charge on any atom is -0.368 e. The standard InChI is InChI=1S/C11H12N6S/c1-6(8-3-2-4-18-8)14-9-7-5-13-17-10(7)16-11(12)15-9/h2-6H,1H3,(H4,12,13,14,15,16,17)/t6-/m1/s1. The molecule has 0 aromatic carbocycles. The molecule has 3 aromatic rings. The highest BCUT2D eigenvalue weighted by Crippen LogP contribution is 2.26. The van der Waals surface area contributed by atoms with E-state index in [2.05, 4.69) is 43.9 Å². The van der Waals surface area contributed by atoms with Gasteiger partial charge in [0, 0.05) is 4.88 Å². The van der Waals surface area contributed by atoms with E-state index in [4.69, 9.17) is 5.73 Å². The van der Waals surface area contributed by atoms with Crippen LogP contribution in [0.3, 0.4) is 0 Å². The van der Waals surface area contributed by atoms with Gasteiger partial charge in [0.1, 0.15) is 5.82 Å². The molecular formula is C11H12N6S. The topological polar surface area (TPSA) is 92.5 Å². The molecule has 0 saturated carbocycles. The number of anilines is 2. The van der Waals surface area contributed by atoms with Gasteiger partial charge < -0.3 is 11.1 Å². The quantitative estimate of drug-likeness (QED) is 0.671. The Hall–Kier alpha value is -2.15. The molecule has 92 valence electrons. The van der Waals surface area contributed by atoms with Crippen LogP contribution in [0.1, 0.15) is 17.8 Å². The van der Waals surface area contributed by atoms with E-state index in [0.717, 1.165) is 5.39 Å². The number of hydrogen-bond acceptors (Lipinski definition) is 6. The van der Waals surface area contributed by atoms with Crippen LogP contribution in [0.2, 0.25) is 0 Å². The predicted molar refractivity (Wildman–Crippen MR) is 72.5 cm³/mol. The van der Waals surface area contributed by atoms with Gasteiger partial charge in [-0.1, -0.05) is 6.07 Å². The highest BCUT2D eigenvalue weighted by Gasteiger charge is 2.12. The number of nitrogens with zero attached hydrogens (tertiary/aromatic N) is 3. The molecule has 4 N–H and O–H groups in total. The summed E-state index contributed by atoms with van der Waals surface area (Å²) in [5, 5.41) is 13.0. The lowest BCUT2D eigenvalue weighted by Crippen LogP contribution is -2.08. The van der Waals surface area contributed by atoms with Crippen LogP contribution in [0.25, 0.3) is 11.0 Å². The summed E-state index contributed by atoms with van der Waals surface area (Å²) in [4.78, 5) is 9.54. The lowest BCUT2D eigenvalue weighted by atomic mass is 10.2. The minimum atomic E-state index is 0.164. The summed E-state index contributed by atoms with van der Waals surface area (Å²) >= 11 is 1.70. The van der Waals surface area contributed by atoms with Gasteiger partial charge in [0.05, 0.1) is 17.6 Å². The maximum Gasteiger partial charge on any atom is 0.224 e. The summed E-state index contributed by atoms with van der Waals surface area (Å²) < 4.78 is 0. The number of rotatable bonds is 3. The Labute approximate surface area is 107 Å². The molecule has 3 aromatic heterocycles. The third-order valence-electron chi connectivity index (χ3n) is 2.65. The summed E-state index contributed by atoms with van der Waals surface area (Å²) in [5.74, 6) is 0.930. The van der Waals surface area contributed by atoms with Crippen LogP contribution in [-0.4, -0.2) is 20.2 Å². The van der Waals surface area contributed by atoms with Gasteiger partial charge in [-0.05, 0) is 18.4 Å². The smallest absolute Gasteiger partial charge is 0.224 e. The number of H-pyrrole nitrogens is 1. The van der Waals surface area contributed by atoms with Crippen LogP contribution in [0, 0.1) is 0 Å². The largest absolute Gasteiger partial charge is 0.368 e. The third-order valence-corrected chi connectivity index (χ3v) is 3.71. The molecule has 0 saturated heterocycles. The average molecular weight is 260 g/mol. The summed E-state index contributed by atoms with van der Waals surface area (Å²) in [6, 6.07) is 4.27. The Morgan fingerprint density at radius 2 is 2.33 bits per heavy atom. The molecule has 6 nitrogen and oxygen atoms in total. The van der Waals surface area contributed by atoms with Crippen LogP contribution < -0.4 is 11.1 Å².